The molecular formula is C21H33N3O3. The number of nitrogens with one attached hydrogen (secondary N) is 3. The van der Waals surface area contributed by atoms with Crippen molar-refractivity contribution in [3.05, 3.63) is 28.8 Å². The molecule has 0 radical (unpaired) electrons. The van der Waals surface area contributed by atoms with E-state index in [2.05, 4.69) is 16.0 Å². The molecule has 6 heteroatoms. The fourth-order valence-electron chi connectivity index (χ4n) is 3.36. The van der Waals surface area contributed by atoms with Crippen LogP contribution in [-0.4, -0.2) is 29.8 Å². The third-order valence-corrected chi connectivity index (χ3v) is 4.79. The van der Waals surface area contributed by atoms with Crippen molar-refractivity contribution in [3.63, 3.8) is 0 Å². The van der Waals surface area contributed by atoms with Crippen LogP contribution in [0.25, 0.3) is 0 Å². The Morgan fingerprint density at radius 3 is 2.11 bits per heavy atom. The lowest BCUT2D eigenvalue weighted by atomic mass is 9.96. The molecule has 3 amide bonds. The van der Waals surface area contributed by atoms with Gasteiger partial charge < -0.3 is 20.7 Å². The first kappa shape index (κ1) is 21.1. The fraction of sp³-hybridized carbons (Fsp3) is 0.619. The fourth-order valence-corrected chi connectivity index (χ4v) is 3.36. The van der Waals surface area contributed by atoms with Crippen LogP contribution < -0.4 is 16.0 Å². The van der Waals surface area contributed by atoms with Gasteiger partial charge in [0.25, 0.3) is 0 Å². The summed E-state index contributed by atoms with van der Waals surface area (Å²) in [5, 5.41) is 8.84. The summed E-state index contributed by atoms with van der Waals surface area (Å²) < 4.78 is 5.30. The van der Waals surface area contributed by atoms with Crippen LogP contribution in [0.15, 0.2) is 12.1 Å². The number of alkyl carbamates (subject to hydrolysis) is 1. The molecule has 0 unspecified atom stereocenters. The highest BCUT2D eigenvalue weighted by Crippen LogP contribution is 2.39. The summed E-state index contributed by atoms with van der Waals surface area (Å²) in [6, 6.07) is 3.84. The number of aryl methyl sites for hydroxylation is 3. The number of benzene rings is 1. The predicted octanol–water partition coefficient (Wildman–Crippen LogP) is 4.43. The molecule has 0 spiro atoms. The van der Waals surface area contributed by atoms with E-state index in [1.54, 1.807) is 0 Å². The minimum atomic E-state index is -0.550. The number of rotatable bonds is 5. The summed E-state index contributed by atoms with van der Waals surface area (Å²) in [6.07, 6.45) is 1.60. The topological polar surface area (TPSA) is 79.5 Å². The first-order valence-corrected chi connectivity index (χ1v) is 9.53. The number of ether oxygens (including phenoxy) is 1. The smallest absolute Gasteiger partial charge is 0.407 e. The zero-order chi connectivity index (χ0) is 20.4. The van der Waals surface area contributed by atoms with Crippen LogP contribution in [-0.2, 0) is 4.74 Å². The molecule has 1 saturated carbocycles. The van der Waals surface area contributed by atoms with Crippen LogP contribution in [0.3, 0.4) is 0 Å². The molecule has 0 bridgehead atoms. The molecule has 1 aliphatic rings. The second-order valence-corrected chi connectivity index (χ2v) is 8.90. The largest absolute Gasteiger partial charge is 0.444 e. The molecule has 1 fully saturated rings. The average Bonchev–Trinajstić information content (AvgIpc) is 3.32. The zero-order valence-electron chi connectivity index (χ0n) is 17.6. The van der Waals surface area contributed by atoms with Gasteiger partial charge in [0.2, 0.25) is 0 Å². The van der Waals surface area contributed by atoms with Gasteiger partial charge in [0.15, 0.2) is 0 Å². The van der Waals surface area contributed by atoms with Crippen molar-refractivity contribution < 1.29 is 14.3 Å². The summed E-state index contributed by atoms with van der Waals surface area (Å²) >= 11 is 0. The summed E-state index contributed by atoms with van der Waals surface area (Å²) in [4.78, 5) is 24.6. The van der Waals surface area contributed by atoms with Crippen LogP contribution in [0.2, 0.25) is 0 Å². The van der Waals surface area contributed by atoms with E-state index < -0.39 is 17.2 Å². The second kappa shape index (κ2) is 7.79. The molecule has 27 heavy (non-hydrogen) atoms. The molecule has 3 N–H and O–H groups in total. The molecule has 1 aliphatic carbocycles. The number of hydrogen-bond donors (Lipinski definition) is 3. The zero-order valence-corrected chi connectivity index (χ0v) is 17.6. The van der Waals surface area contributed by atoms with Crippen LogP contribution in [0, 0.1) is 26.7 Å². The Morgan fingerprint density at radius 2 is 1.63 bits per heavy atom. The number of amides is 3. The molecule has 0 heterocycles. The Morgan fingerprint density at radius 1 is 1.07 bits per heavy atom. The van der Waals surface area contributed by atoms with Crippen LogP contribution >= 0.6 is 0 Å². The first-order chi connectivity index (χ1) is 12.4. The van der Waals surface area contributed by atoms with Crippen molar-refractivity contribution in [2.75, 3.05) is 11.9 Å². The van der Waals surface area contributed by atoms with E-state index in [0.29, 0.717) is 12.5 Å². The van der Waals surface area contributed by atoms with E-state index in [0.717, 1.165) is 29.7 Å². The van der Waals surface area contributed by atoms with Gasteiger partial charge in [-0.25, -0.2) is 9.59 Å². The molecular weight excluding hydrogens is 342 g/mol. The van der Waals surface area contributed by atoms with Crippen molar-refractivity contribution in [2.45, 2.75) is 72.4 Å². The molecule has 0 aliphatic heterocycles. The lowest BCUT2D eigenvalue weighted by Gasteiger charge is -2.32. The van der Waals surface area contributed by atoms with Crippen LogP contribution in [0.1, 0.15) is 57.2 Å². The third kappa shape index (κ3) is 6.15. The number of carbonyl (C=O) groups is 2. The molecule has 6 nitrogen and oxygen atoms in total. The van der Waals surface area contributed by atoms with Gasteiger partial charge in [-0.2, -0.15) is 0 Å². The molecule has 1 aromatic rings. The number of urea groups is 1. The minimum Gasteiger partial charge on any atom is -0.444 e. The Labute approximate surface area is 162 Å². The van der Waals surface area contributed by atoms with E-state index in [-0.39, 0.29) is 6.03 Å². The second-order valence-electron chi connectivity index (χ2n) is 8.90. The highest BCUT2D eigenvalue weighted by atomic mass is 16.6. The Kier molecular flexibility index (Phi) is 6.07. The quantitative estimate of drug-likeness (QED) is 0.712. The van der Waals surface area contributed by atoms with Crippen LogP contribution in [0.5, 0.6) is 0 Å². The van der Waals surface area contributed by atoms with E-state index >= 15 is 0 Å². The maximum Gasteiger partial charge on any atom is 0.407 e. The van der Waals surface area contributed by atoms with E-state index in [9.17, 15) is 9.59 Å². The van der Waals surface area contributed by atoms with Gasteiger partial charge in [0.05, 0.1) is 5.54 Å². The normalized spacial score (nSPS) is 16.3. The van der Waals surface area contributed by atoms with Crippen LogP contribution in [0.4, 0.5) is 15.3 Å². The van der Waals surface area contributed by atoms with E-state index in [4.69, 9.17) is 4.74 Å². The summed E-state index contributed by atoms with van der Waals surface area (Å²) in [7, 11) is 0. The van der Waals surface area contributed by atoms with Gasteiger partial charge in [-0.1, -0.05) is 17.7 Å². The van der Waals surface area contributed by atoms with Gasteiger partial charge in [-0.3, -0.25) is 0 Å². The maximum atomic E-state index is 12.7. The summed E-state index contributed by atoms with van der Waals surface area (Å²) in [6.45, 7) is 13.8. The van der Waals surface area contributed by atoms with Crippen molar-refractivity contribution in [3.8, 4) is 0 Å². The van der Waals surface area contributed by atoms with Crippen molar-refractivity contribution in [2.24, 2.45) is 5.92 Å². The van der Waals surface area contributed by atoms with Crippen molar-refractivity contribution >= 4 is 17.8 Å². The minimum absolute atomic E-state index is 0.259. The number of anilines is 1. The Bertz CT molecular complexity index is 697. The maximum absolute atomic E-state index is 12.7. The van der Waals surface area contributed by atoms with E-state index in [1.807, 2.05) is 60.6 Å². The van der Waals surface area contributed by atoms with Crippen molar-refractivity contribution in [1.82, 2.24) is 10.6 Å². The van der Waals surface area contributed by atoms with Gasteiger partial charge >= 0.3 is 12.1 Å². The first-order valence-electron chi connectivity index (χ1n) is 9.53. The van der Waals surface area contributed by atoms with Crippen molar-refractivity contribution in [1.29, 1.82) is 0 Å². The monoisotopic (exact) mass is 375 g/mol. The number of carbonyl (C=O) groups excluding carboxylic acids is 2. The van der Waals surface area contributed by atoms with Gasteiger partial charge in [-0.15, -0.1) is 0 Å². The van der Waals surface area contributed by atoms with Gasteiger partial charge in [-0.05, 0) is 78.4 Å². The molecule has 0 saturated heterocycles. The SMILES string of the molecule is Cc1cc(C)c(NC(=O)N[C@@](C)(CNC(=O)OC(C)(C)C)C2CC2)c(C)c1. The molecule has 2 rings (SSSR count). The van der Waals surface area contributed by atoms with Gasteiger partial charge in [0.1, 0.15) is 5.60 Å². The summed E-state index contributed by atoms with van der Waals surface area (Å²) in [5.74, 6) is 0.346. The molecule has 150 valence electrons. The highest BCUT2D eigenvalue weighted by Gasteiger charge is 2.43. The third-order valence-electron chi connectivity index (χ3n) is 4.79. The van der Waals surface area contributed by atoms with E-state index in [1.165, 1.54) is 5.56 Å². The molecule has 1 aromatic carbocycles. The standard InChI is InChI=1S/C21H33N3O3/c1-13-10-14(2)17(15(3)11-13)23-18(25)24-21(7,16-8-9-16)12-22-19(26)27-20(4,5)6/h10-11,16H,8-9,12H2,1-7H3,(H,22,26)(H2,23,24,25)/t21-/m0/s1. The number of hydrogen-bond acceptors (Lipinski definition) is 3. The average molecular weight is 376 g/mol. The molecule has 1 atom stereocenters. The highest BCUT2D eigenvalue weighted by molar-refractivity contribution is 5.91. The predicted molar refractivity (Wildman–Crippen MR) is 108 cm³/mol. The Hall–Kier alpha value is -2.24. The lowest BCUT2D eigenvalue weighted by Crippen LogP contribution is -2.56. The lowest BCUT2D eigenvalue weighted by molar-refractivity contribution is 0.0509. The summed E-state index contributed by atoms with van der Waals surface area (Å²) in [5.41, 5.74) is 2.99. The van der Waals surface area contributed by atoms with Gasteiger partial charge in [0, 0.05) is 12.2 Å². The Balaban J connectivity index is 2.01. The molecule has 0 aromatic heterocycles.